The van der Waals surface area contributed by atoms with Gasteiger partial charge in [-0.3, -0.25) is 4.90 Å². The molecule has 0 saturated carbocycles. The van der Waals surface area contributed by atoms with Crippen molar-refractivity contribution < 1.29 is 9.84 Å². The molecule has 3 aromatic rings. The highest BCUT2D eigenvalue weighted by molar-refractivity contribution is 6.33. The minimum absolute atomic E-state index is 0. The molecule has 1 unspecified atom stereocenters. The Morgan fingerprint density at radius 3 is 1.82 bits per heavy atom. The maximum absolute atomic E-state index is 10.7. The van der Waals surface area contributed by atoms with E-state index in [9.17, 15) is 5.11 Å². The number of piperazine rings is 1. The number of para-hydroxylation sites is 1. The molecule has 8 heteroatoms. The zero-order chi connectivity index (χ0) is 23.2. The third-order valence-corrected chi connectivity index (χ3v) is 6.66. The predicted octanol–water partition coefficient (Wildman–Crippen LogP) is 6.36. The van der Waals surface area contributed by atoms with Crippen molar-refractivity contribution in [3.63, 3.8) is 0 Å². The van der Waals surface area contributed by atoms with Gasteiger partial charge in [-0.15, -0.1) is 12.4 Å². The Morgan fingerprint density at radius 1 is 0.765 bits per heavy atom. The monoisotopic (exact) mass is 540 g/mol. The molecule has 1 heterocycles. The van der Waals surface area contributed by atoms with E-state index < -0.39 is 6.10 Å². The van der Waals surface area contributed by atoms with Gasteiger partial charge in [0.2, 0.25) is 0 Å². The summed E-state index contributed by atoms with van der Waals surface area (Å²) in [7, 11) is 0. The Balaban J connectivity index is 0.00000324. The van der Waals surface area contributed by atoms with Crippen LogP contribution in [0.15, 0.2) is 72.8 Å². The number of aliphatic hydroxyl groups excluding tert-OH is 1. The average Bonchev–Trinajstić information content (AvgIpc) is 2.82. The highest BCUT2D eigenvalue weighted by Crippen LogP contribution is 2.29. The van der Waals surface area contributed by atoms with Gasteiger partial charge in [-0.1, -0.05) is 71.2 Å². The van der Waals surface area contributed by atoms with E-state index >= 15 is 0 Å². The number of anilines is 1. The fourth-order valence-corrected chi connectivity index (χ4v) is 4.60. The van der Waals surface area contributed by atoms with Gasteiger partial charge in [-0.05, 0) is 47.5 Å². The Morgan fingerprint density at radius 2 is 1.29 bits per heavy atom. The molecule has 0 aromatic heterocycles. The van der Waals surface area contributed by atoms with Crippen molar-refractivity contribution in [1.29, 1.82) is 0 Å². The lowest BCUT2D eigenvalue weighted by atomic mass is 10.0. The first-order chi connectivity index (χ1) is 16.0. The average molecular weight is 542 g/mol. The van der Waals surface area contributed by atoms with Crippen molar-refractivity contribution in [2.24, 2.45) is 0 Å². The van der Waals surface area contributed by atoms with E-state index in [0.29, 0.717) is 16.6 Å². The molecule has 1 atom stereocenters. The summed E-state index contributed by atoms with van der Waals surface area (Å²) < 4.78 is 6.21. The summed E-state index contributed by atoms with van der Waals surface area (Å²) in [5.41, 5.74) is 3.01. The van der Waals surface area contributed by atoms with E-state index in [1.165, 1.54) is 0 Å². The first kappa shape index (κ1) is 27.1. The van der Waals surface area contributed by atoms with E-state index in [4.69, 9.17) is 39.5 Å². The molecule has 182 valence electrons. The van der Waals surface area contributed by atoms with Gasteiger partial charge in [0.1, 0.15) is 6.10 Å². The van der Waals surface area contributed by atoms with Gasteiger partial charge in [0.15, 0.2) is 0 Å². The lowest BCUT2D eigenvalue weighted by Crippen LogP contribution is -2.49. The van der Waals surface area contributed by atoms with Gasteiger partial charge >= 0.3 is 0 Å². The maximum Gasteiger partial charge on any atom is 0.108 e. The Labute approximate surface area is 222 Å². The van der Waals surface area contributed by atoms with Crippen molar-refractivity contribution in [1.82, 2.24) is 4.90 Å². The van der Waals surface area contributed by atoms with Crippen molar-refractivity contribution in [3.05, 3.63) is 99.0 Å². The van der Waals surface area contributed by atoms with E-state index in [1.807, 2.05) is 72.8 Å². The number of halogens is 4. The zero-order valence-corrected chi connectivity index (χ0v) is 21.7. The van der Waals surface area contributed by atoms with E-state index in [1.54, 1.807) is 0 Å². The molecule has 4 rings (SSSR count). The maximum atomic E-state index is 10.7. The highest BCUT2D eigenvalue weighted by atomic mass is 35.5. The largest absolute Gasteiger partial charge is 0.389 e. The number of aliphatic hydroxyl groups is 1. The summed E-state index contributed by atoms with van der Waals surface area (Å²) in [6.07, 6.45) is -0.912. The van der Waals surface area contributed by atoms with Gasteiger partial charge in [-0.25, -0.2) is 0 Å². The fourth-order valence-electron chi connectivity index (χ4n) is 4.10. The normalized spacial score (nSPS) is 15.3. The first-order valence-corrected chi connectivity index (χ1v) is 12.2. The first-order valence-electron chi connectivity index (χ1n) is 11.0. The minimum atomic E-state index is -0.598. The van der Waals surface area contributed by atoms with Crippen LogP contribution in [0.1, 0.15) is 17.2 Å². The van der Waals surface area contributed by atoms with E-state index in [0.717, 1.165) is 48.0 Å². The second-order valence-corrected chi connectivity index (χ2v) is 9.49. The molecule has 1 aliphatic heterocycles. The summed E-state index contributed by atoms with van der Waals surface area (Å²) in [5, 5.41) is 12.8. The van der Waals surface area contributed by atoms with Crippen LogP contribution < -0.4 is 4.90 Å². The van der Waals surface area contributed by atoms with E-state index in [2.05, 4.69) is 9.80 Å². The number of ether oxygens (including phenoxy) is 1. The number of β-amino-alcohol motifs (C(OH)–C–C–N with tert-alkyl or cyclic N) is 1. The third-order valence-electron chi connectivity index (χ3n) is 5.84. The van der Waals surface area contributed by atoms with Crippen molar-refractivity contribution >= 4 is 52.9 Å². The summed E-state index contributed by atoms with van der Waals surface area (Å²) in [4.78, 5) is 4.56. The van der Waals surface area contributed by atoms with Gasteiger partial charge in [0.25, 0.3) is 0 Å². The van der Waals surface area contributed by atoms with Gasteiger partial charge in [0.05, 0.1) is 23.4 Å². The minimum Gasteiger partial charge on any atom is -0.389 e. The standard InChI is InChI=1S/C26H27Cl3N2O2.ClH/c27-21-9-5-19(6-10-21)26(20-7-11-22(28)12-8-20)33-18-23(32)17-30-13-15-31(16-14-30)25-4-2-1-3-24(25)29;/h1-12,23,26,32H,13-18H2;1H. The lowest BCUT2D eigenvalue weighted by Gasteiger charge is -2.37. The summed E-state index contributed by atoms with van der Waals surface area (Å²) in [6, 6.07) is 23.1. The van der Waals surface area contributed by atoms with Crippen LogP contribution in [0.2, 0.25) is 15.1 Å². The van der Waals surface area contributed by atoms with Crippen LogP contribution in [0.3, 0.4) is 0 Å². The van der Waals surface area contributed by atoms with Crippen LogP contribution >= 0.6 is 47.2 Å². The molecule has 0 amide bonds. The zero-order valence-electron chi connectivity index (χ0n) is 18.6. The highest BCUT2D eigenvalue weighted by Gasteiger charge is 2.22. The molecule has 0 spiro atoms. The smallest absolute Gasteiger partial charge is 0.108 e. The lowest BCUT2D eigenvalue weighted by molar-refractivity contribution is -0.00893. The summed E-state index contributed by atoms with van der Waals surface area (Å²) in [5.74, 6) is 0. The van der Waals surface area contributed by atoms with Gasteiger partial charge in [0, 0.05) is 42.8 Å². The molecule has 1 saturated heterocycles. The van der Waals surface area contributed by atoms with Crippen LogP contribution in [-0.2, 0) is 4.74 Å². The van der Waals surface area contributed by atoms with Gasteiger partial charge < -0.3 is 14.7 Å². The molecular formula is C26H28Cl4N2O2. The molecule has 1 aliphatic rings. The van der Waals surface area contributed by atoms with Crippen molar-refractivity contribution in [2.75, 3.05) is 44.2 Å². The fraction of sp³-hybridized carbons (Fsp3) is 0.308. The van der Waals surface area contributed by atoms with Gasteiger partial charge in [-0.2, -0.15) is 0 Å². The molecule has 0 bridgehead atoms. The summed E-state index contributed by atoms with van der Waals surface area (Å²) in [6.45, 7) is 4.25. The molecule has 34 heavy (non-hydrogen) atoms. The Hall–Kier alpha value is -1.50. The van der Waals surface area contributed by atoms with Crippen LogP contribution in [-0.4, -0.2) is 55.4 Å². The van der Waals surface area contributed by atoms with Crippen LogP contribution in [0.5, 0.6) is 0 Å². The molecule has 0 aliphatic carbocycles. The van der Waals surface area contributed by atoms with Crippen LogP contribution in [0.25, 0.3) is 0 Å². The number of rotatable bonds is 8. The summed E-state index contributed by atoms with van der Waals surface area (Å²) >= 11 is 18.5. The molecule has 0 radical (unpaired) electrons. The number of hydrogen-bond acceptors (Lipinski definition) is 4. The molecule has 1 N–H and O–H groups in total. The second kappa shape index (κ2) is 13.0. The number of benzene rings is 3. The van der Waals surface area contributed by atoms with Crippen LogP contribution in [0.4, 0.5) is 5.69 Å². The van der Waals surface area contributed by atoms with Crippen molar-refractivity contribution in [3.8, 4) is 0 Å². The molecular weight excluding hydrogens is 514 g/mol. The molecule has 4 nitrogen and oxygen atoms in total. The third kappa shape index (κ3) is 7.25. The van der Waals surface area contributed by atoms with E-state index in [-0.39, 0.29) is 25.1 Å². The van der Waals surface area contributed by atoms with Crippen molar-refractivity contribution in [2.45, 2.75) is 12.2 Å². The number of hydrogen-bond donors (Lipinski definition) is 1. The van der Waals surface area contributed by atoms with Crippen LogP contribution in [0, 0.1) is 0 Å². The quantitative estimate of drug-likeness (QED) is 0.360. The molecule has 3 aromatic carbocycles. The Kier molecular flexibility index (Phi) is 10.3. The SMILES string of the molecule is Cl.OC(COC(c1ccc(Cl)cc1)c1ccc(Cl)cc1)CN1CCN(c2ccccc2Cl)CC1. The second-order valence-electron chi connectivity index (χ2n) is 8.21. The topological polar surface area (TPSA) is 35.9 Å². The number of nitrogens with zero attached hydrogens (tertiary/aromatic N) is 2. The predicted molar refractivity (Wildman–Crippen MR) is 144 cm³/mol. The molecule has 1 fully saturated rings. The Bertz CT molecular complexity index is 980.